The van der Waals surface area contributed by atoms with E-state index in [1.807, 2.05) is 44.2 Å². The molecule has 1 aliphatic heterocycles. The summed E-state index contributed by atoms with van der Waals surface area (Å²) < 4.78 is 15.1. The fraction of sp³-hybridized carbons (Fsp3) is 0.444. The first kappa shape index (κ1) is 24.9. The second-order valence-corrected chi connectivity index (χ2v) is 8.85. The molecule has 0 radical (unpaired) electrons. The van der Waals surface area contributed by atoms with Crippen LogP contribution in [0, 0.1) is 5.82 Å². The van der Waals surface area contributed by atoms with Crippen LogP contribution in [0.3, 0.4) is 0 Å². The quantitative estimate of drug-likeness (QED) is 0.590. The molecule has 0 aliphatic carbocycles. The summed E-state index contributed by atoms with van der Waals surface area (Å²) in [6.07, 6.45) is 1.91. The van der Waals surface area contributed by atoms with E-state index in [1.165, 1.54) is 18.2 Å². The van der Waals surface area contributed by atoms with E-state index in [2.05, 4.69) is 30.2 Å². The maximum absolute atomic E-state index is 15.1. The zero-order chi connectivity index (χ0) is 24.1. The van der Waals surface area contributed by atoms with Crippen LogP contribution in [0.5, 0.6) is 5.75 Å². The zero-order valence-corrected chi connectivity index (χ0v) is 20.2. The number of aromatic hydroxyl groups is 1. The third kappa shape index (κ3) is 5.45. The van der Waals surface area contributed by atoms with Gasteiger partial charge in [-0.2, -0.15) is 0 Å². The highest BCUT2D eigenvalue weighted by atomic mass is 19.1. The summed E-state index contributed by atoms with van der Waals surface area (Å²) in [5.74, 6) is -0.322. The number of halogens is 1. The molecule has 0 aromatic heterocycles. The van der Waals surface area contributed by atoms with Gasteiger partial charge in [-0.25, -0.2) is 4.39 Å². The van der Waals surface area contributed by atoms with E-state index in [0.29, 0.717) is 24.2 Å². The molecule has 6 heteroatoms. The number of rotatable bonds is 8. The Balaban J connectivity index is 2.01. The highest BCUT2D eigenvalue weighted by Gasteiger charge is 2.35. The lowest BCUT2D eigenvalue weighted by molar-refractivity contribution is 0.0298. The Kier molecular flexibility index (Phi) is 8.27. The van der Waals surface area contributed by atoms with Gasteiger partial charge in [-0.1, -0.05) is 18.2 Å². The van der Waals surface area contributed by atoms with Gasteiger partial charge in [-0.3, -0.25) is 14.6 Å². The van der Waals surface area contributed by atoms with Crippen molar-refractivity contribution in [1.82, 2.24) is 14.7 Å². The van der Waals surface area contributed by atoms with E-state index >= 15 is 4.39 Å². The van der Waals surface area contributed by atoms with Crippen LogP contribution in [0.4, 0.5) is 4.39 Å². The lowest BCUT2D eigenvalue weighted by atomic mass is 9.92. The summed E-state index contributed by atoms with van der Waals surface area (Å²) in [7, 11) is 0. The Hall–Kier alpha value is -2.70. The molecule has 1 fully saturated rings. The van der Waals surface area contributed by atoms with Gasteiger partial charge in [0.25, 0.3) is 5.91 Å². The standard InChI is InChI=1S/C27H36FN3O2/c1-6-15-30-17-20(5)31(18-19(30)4)26(24-16-23(32)13-14-25(24)28)21-9-11-22(12-10-21)27(33)29(7-2)8-3/h6,9-14,16,19-20,26,32H,1,7-8,15,17-18H2,2-5H3/t19-,20+,26?/m0/s1. The van der Waals surface area contributed by atoms with Crippen LogP contribution in [-0.2, 0) is 0 Å². The number of hydrogen-bond donors (Lipinski definition) is 1. The van der Waals surface area contributed by atoms with E-state index in [-0.39, 0.29) is 35.6 Å². The molecule has 1 aliphatic rings. The van der Waals surface area contributed by atoms with Crippen LogP contribution < -0.4 is 0 Å². The Bertz CT molecular complexity index is 958. The van der Waals surface area contributed by atoms with E-state index < -0.39 is 0 Å². The van der Waals surface area contributed by atoms with E-state index in [4.69, 9.17) is 0 Å². The minimum Gasteiger partial charge on any atom is -0.508 e. The van der Waals surface area contributed by atoms with Gasteiger partial charge in [0.1, 0.15) is 11.6 Å². The van der Waals surface area contributed by atoms with Crippen molar-refractivity contribution >= 4 is 5.91 Å². The van der Waals surface area contributed by atoms with Crippen LogP contribution in [0.1, 0.15) is 55.2 Å². The molecule has 1 heterocycles. The van der Waals surface area contributed by atoms with Gasteiger partial charge >= 0.3 is 0 Å². The average Bonchev–Trinajstić information content (AvgIpc) is 2.80. The predicted octanol–water partition coefficient (Wildman–Crippen LogP) is 4.68. The van der Waals surface area contributed by atoms with Gasteiger partial charge in [0.2, 0.25) is 0 Å². The highest BCUT2D eigenvalue weighted by Crippen LogP contribution is 2.36. The first-order valence-electron chi connectivity index (χ1n) is 11.8. The van der Waals surface area contributed by atoms with Gasteiger partial charge in [0, 0.05) is 55.9 Å². The smallest absolute Gasteiger partial charge is 0.253 e. The lowest BCUT2D eigenvalue weighted by Gasteiger charge is -2.47. The SMILES string of the molecule is C=CCN1C[C@@H](C)N(C(c2ccc(C(=O)N(CC)CC)cc2)c2cc(O)ccc2F)C[C@@H]1C. The van der Waals surface area contributed by atoms with E-state index in [1.54, 1.807) is 4.90 Å². The van der Waals surface area contributed by atoms with E-state index in [9.17, 15) is 9.90 Å². The second-order valence-electron chi connectivity index (χ2n) is 8.85. The van der Waals surface area contributed by atoms with Crippen molar-refractivity contribution in [2.45, 2.75) is 45.8 Å². The summed E-state index contributed by atoms with van der Waals surface area (Å²) in [4.78, 5) is 19.2. The molecule has 5 nitrogen and oxygen atoms in total. The second kappa shape index (κ2) is 10.9. The van der Waals surface area contributed by atoms with Crippen molar-refractivity contribution in [3.8, 4) is 5.75 Å². The van der Waals surface area contributed by atoms with Crippen LogP contribution in [0.25, 0.3) is 0 Å². The normalized spacial score (nSPS) is 20.4. The van der Waals surface area contributed by atoms with Crippen molar-refractivity contribution in [3.63, 3.8) is 0 Å². The van der Waals surface area contributed by atoms with Crippen molar-refractivity contribution in [2.75, 3.05) is 32.7 Å². The van der Waals surface area contributed by atoms with Gasteiger partial charge in [-0.15, -0.1) is 6.58 Å². The van der Waals surface area contributed by atoms with Crippen molar-refractivity contribution < 1.29 is 14.3 Å². The highest BCUT2D eigenvalue weighted by molar-refractivity contribution is 5.94. The Morgan fingerprint density at radius 2 is 1.82 bits per heavy atom. The third-order valence-electron chi connectivity index (χ3n) is 6.66. The monoisotopic (exact) mass is 453 g/mol. The number of amides is 1. The number of carbonyl (C=O) groups excluding carboxylic acids is 1. The van der Waals surface area contributed by atoms with Crippen LogP contribution in [0.2, 0.25) is 0 Å². The molecule has 1 saturated heterocycles. The fourth-order valence-corrected chi connectivity index (χ4v) is 4.80. The molecule has 1 unspecified atom stereocenters. The number of carbonyl (C=O) groups is 1. The summed E-state index contributed by atoms with van der Waals surface area (Å²) in [5, 5.41) is 10.1. The Morgan fingerprint density at radius 1 is 1.15 bits per heavy atom. The molecular formula is C27H36FN3O2. The van der Waals surface area contributed by atoms with Gasteiger partial charge in [0.05, 0.1) is 6.04 Å². The summed E-state index contributed by atoms with van der Waals surface area (Å²) in [5.41, 5.74) is 1.95. The lowest BCUT2D eigenvalue weighted by Crippen LogP contribution is -2.57. The van der Waals surface area contributed by atoms with Gasteiger partial charge < -0.3 is 10.0 Å². The molecule has 1 amide bonds. The Labute approximate surface area is 197 Å². The van der Waals surface area contributed by atoms with Crippen molar-refractivity contribution in [3.05, 3.63) is 77.6 Å². The molecule has 2 aromatic carbocycles. The fourth-order valence-electron chi connectivity index (χ4n) is 4.80. The van der Waals surface area contributed by atoms with Crippen LogP contribution in [0.15, 0.2) is 55.1 Å². The number of phenols is 1. The van der Waals surface area contributed by atoms with Gasteiger partial charge in [0.15, 0.2) is 0 Å². The first-order chi connectivity index (χ1) is 15.8. The summed E-state index contributed by atoms with van der Waals surface area (Å²) in [6.45, 7) is 15.8. The molecule has 2 aromatic rings. The topological polar surface area (TPSA) is 47.0 Å². The maximum Gasteiger partial charge on any atom is 0.253 e. The van der Waals surface area contributed by atoms with Crippen LogP contribution >= 0.6 is 0 Å². The maximum atomic E-state index is 15.1. The summed E-state index contributed by atoms with van der Waals surface area (Å²) in [6, 6.07) is 11.7. The number of benzene rings is 2. The van der Waals surface area contributed by atoms with Crippen molar-refractivity contribution in [2.24, 2.45) is 0 Å². The molecule has 3 rings (SSSR count). The molecular weight excluding hydrogens is 417 g/mol. The number of phenolic OH excluding ortho intramolecular Hbond substituents is 1. The van der Waals surface area contributed by atoms with E-state index in [0.717, 1.165) is 25.2 Å². The number of piperazine rings is 1. The Morgan fingerprint density at radius 3 is 2.42 bits per heavy atom. The summed E-state index contributed by atoms with van der Waals surface area (Å²) >= 11 is 0. The zero-order valence-electron chi connectivity index (χ0n) is 20.2. The minimum absolute atomic E-state index is 0.00772. The number of nitrogens with zero attached hydrogens (tertiary/aromatic N) is 3. The largest absolute Gasteiger partial charge is 0.508 e. The molecule has 33 heavy (non-hydrogen) atoms. The average molecular weight is 454 g/mol. The molecule has 0 saturated carbocycles. The molecule has 178 valence electrons. The number of hydrogen-bond acceptors (Lipinski definition) is 4. The molecule has 1 N–H and O–H groups in total. The van der Waals surface area contributed by atoms with Gasteiger partial charge in [-0.05, 0) is 63.6 Å². The van der Waals surface area contributed by atoms with Crippen LogP contribution in [-0.4, -0.2) is 70.5 Å². The predicted molar refractivity (Wildman–Crippen MR) is 131 cm³/mol. The molecule has 0 spiro atoms. The van der Waals surface area contributed by atoms with Crippen molar-refractivity contribution in [1.29, 1.82) is 0 Å². The minimum atomic E-state index is -0.377. The molecule has 0 bridgehead atoms. The molecule has 3 atom stereocenters. The first-order valence-corrected chi connectivity index (χ1v) is 11.8. The third-order valence-corrected chi connectivity index (χ3v) is 6.66.